The van der Waals surface area contributed by atoms with Crippen LogP contribution < -0.4 is 9.64 Å². The lowest BCUT2D eigenvalue weighted by molar-refractivity contribution is 0.288. The largest absolute Gasteiger partial charge is 0.491 e. The Balaban J connectivity index is 1.52. The van der Waals surface area contributed by atoms with Gasteiger partial charge in [0, 0.05) is 6.54 Å². The van der Waals surface area contributed by atoms with Gasteiger partial charge in [0.15, 0.2) is 5.82 Å². The third-order valence-corrected chi connectivity index (χ3v) is 4.75. The molecule has 0 N–H and O–H groups in total. The summed E-state index contributed by atoms with van der Waals surface area (Å²) in [7, 11) is 0. The monoisotopic (exact) mass is 330 g/mol. The van der Waals surface area contributed by atoms with Gasteiger partial charge >= 0.3 is 0 Å². The first-order valence-electron chi connectivity index (χ1n) is 7.50. The second kappa shape index (κ2) is 6.08. The van der Waals surface area contributed by atoms with E-state index in [9.17, 15) is 4.39 Å². The predicted molar refractivity (Wildman–Crippen MR) is 87.5 cm³/mol. The lowest BCUT2D eigenvalue weighted by Crippen LogP contribution is -2.35. The smallest absolute Gasteiger partial charge is 0.159 e. The number of halogens is 1. The van der Waals surface area contributed by atoms with E-state index < -0.39 is 0 Å². The second-order valence-corrected chi connectivity index (χ2v) is 6.29. The van der Waals surface area contributed by atoms with E-state index in [-0.39, 0.29) is 11.9 Å². The Kier molecular flexibility index (Phi) is 3.78. The van der Waals surface area contributed by atoms with Crippen LogP contribution in [0.15, 0.2) is 36.1 Å². The molecule has 118 valence electrons. The molecule has 1 aliphatic heterocycles. The van der Waals surface area contributed by atoms with Gasteiger partial charge in [-0.2, -0.15) is 0 Å². The summed E-state index contributed by atoms with van der Waals surface area (Å²) in [5.74, 6) is 1.30. The van der Waals surface area contributed by atoms with Crippen LogP contribution >= 0.6 is 11.3 Å². The van der Waals surface area contributed by atoms with Crippen molar-refractivity contribution in [3.05, 3.63) is 41.9 Å². The average Bonchev–Trinajstić information content (AvgIpc) is 3.23. The molecule has 1 aromatic carbocycles. The van der Waals surface area contributed by atoms with Crippen LogP contribution in [-0.4, -0.2) is 34.1 Å². The molecule has 0 aliphatic carbocycles. The molecule has 0 amide bonds. The first-order valence-corrected chi connectivity index (χ1v) is 8.38. The van der Waals surface area contributed by atoms with E-state index in [2.05, 4.69) is 19.9 Å². The topological polar surface area (TPSA) is 51.1 Å². The van der Waals surface area contributed by atoms with E-state index in [1.165, 1.54) is 23.5 Å². The van der Waals surface area contributed by atoms with E-state index in [4.69, 9.17) is 4.74 Å². The summed E-state index contributed by atoms with van der Waals surface area (Å²) in [6.45, 7) is 1.47. The van der Waals surface area contributed by atoms with Crippen LogP contribution in [0.3, 0.4) is 0 Å². The van der Waals surface area contributed by atoms with Gasteiger partial charge in [0.05, 0.1) is 11.6 Å². The van der Waals surface area contributed by atoms with E-state index in [0.29, 0.717) is 12.4 Å². The Morgan fingerprint density at radius 2 is 2.09 bits per heavy atom. The fraction of sp³-hybridized carbons (Fsp3) is 0.312. The highest BCUT2D eigenvalue weighted by Crippen LogP contribution is 2.30. The lowest BCUT2D eigenvalue weighted by Gasteiger charge is -2.25. The molecule has 0 spiro atoms. The van der Waals surface area contributed by atoms with Gasteiger partial charge in [0.1, 0.15) is 34.8 Å². The van der Waals surface area contributed by atoms with E-state index >= 15 is 0 Å². The maximum absolute atomic E-state index is 12.9. The maximum atomic E-state index is 12.9. The Hall–Kier alpha value is -2.28. The minimum atomic E-state index is -0.258. The van der Waals surface area contributed by atoms with Crippen molar-refractivity contribution >= 4 is 27.5 Å². The molecule has 2 aromatic heterocycles. The number of thiazole rings is 1. The summed E-state index contributed by atoms with van der Waals surface area (Å²) in [6, 6.07) is 6.35. The molecule has 7 heteroatoms. The molecular weight excluding hydrogens is 315 g/mol. The van der Waals surface area contributed by atoms with Crippen molar-refractivity contribution in [2.24, 2.45) is 0 Å². The zero-order valence-corrected chi connectivity index (χ0v) is 13.2. The average molecular weight is 330 g/mol. The molecule has 0 saturated carbocycles. The van der Waals surface area contributed by atoms with Crippen LogP contribution in [0, 0.1) is 5.82 Å². The highest BCUT2D eigenvalue weighted by molar-refractivity contribution is 7.16. The molecule has 1 saturated heterocycles. The van der Waals surface area contributed by atoms with Crippen molar-refractivity contribution in [2.45, 2.75) is 18.9 Å². The van der Waals surface area contributed by atoms with Crippen LogP contribution in [-0.2, 0) is 0 Å². The Morgan fingerprint density at radius 3 is 2.96 bits per heavy atom. The van der Waals surface area contributed by atoms with Gasteiger partial charge in [0.2, 0.25) is 0 Å². The summed E-state index contributed by atoms with van der Waals surface area (Å²) >= 11 is 1.52. The summed E-state index contributed by atoms with van der Waals surface area (Å²) in [6.07, 6.45) is 3.72. The number of nitrogens with zero attached hydrogens (tertiary/aromatic N) is 4. The quantitative estimate of drug-likeness (QED) is 0.735. The van der Waals surface area contributed by atoms with Crippen LogP contribution in [0.2, 0.25) is 0 Å². The van der Waals surface area contributed by atoms with Gasteiger partial charge in [-0.25, -0.2) is 19.3 Å². The Morgan fingerprint density at radius 1 is 1.22 bits per heavy atom. The number of benzene rings is 1. The normalized spacial score (nSPS) is 17.8. The molecule has 1 atom stereocenters. The molecule has 23 heavy (non-hydrogen) atoms. The number of hydrogen-bond acceptors (Lipinski definition) is 6. The molecule has 1 fully saturated rings. The molecule has 0 radical (unpaired) electrons. The minimum Gasteiger partial charge on any atom is -0.491 e. The number of fused-ring (bicyclic) bond motifs is 1. The summed E-state index contributed by atoms with van der Waals surface area (Å²) in [5, 5.41) is 0. The molecule has 1 aliphatic rings. The maximum Gasteiger partial charge on any atom is 0.159 e. The highest BCUT2D eigenvalue weighted by atomic mass is 32.1. The SMILES string of the molecule is Fc1ccc(OC[C@@H]2CCCN2c2ncnc3scnc23)cc1. The van der Waals surface area contributed by atoms with Crippen molar-refractivity contribution < 1.29 is 9.13 Å². The zero-order valence-electron chi connectivity index (χ0n) is 12.4. The fourth-order valence-corrected chi connectivity index (χ4v) is 3.52. The Bertz CT molecular complexity index is 807. The molecular formula is C16H15FN4OS. The number of aromatic nitrogens is 3. The van der Waals surface area contributed by atoms with E-state index in [0.717, 1.165) is 35.6 Å². The summed E-state index contributed by atoms with van der Waals surface area (Å²) < 4.78 is 18.8. The third-order valence-electron chi connectivity index (χ3n) is 4.02. The van der Waals surface area contributed by atoms with Gasteiger partial charge in [0.25, 0.3) is 0 Å². The summed E-state index contributed by atoms with van der Waals surface area (Å²) in [4.78, 5) is 16.2. The van der Waals surface area contributed by atoms with Gasteiger partial charge < -0.3 is 9.64 Å². The first-order chi connectivity index (χ1) is 11.3. The van der Waals surface area contributed by atoms with Crippen molar-refractivity contribution in [2.75, 3.05) is 18.1 Å². The molecule has 3 heterocycles. The molecule has 5 nitrogen and oxygen atoms in total. The number of rotatable bonds is 4. The molecule has 3 aromatic rings. The van der Waals surface area contributed by atoms with Gasteiger partial charge in [-0.1, -0.05) is 0 Å². The highest BCUT2D eigenvalue weighted by Gasteiger charge is 2.28. The second-order valence-electron chi connectivity index (χ2n) is 5.46. The van der Waals surface area contributed by atoms with Gasteiger partial charge in [-0.05, 0) is 37.1 Å². The zero-order chi connectivity index (χ0) is 15.6. The van der Waals surface area contributed by atoms with Crippen LogP contribution in [0.25, 0.3) is 10.3 Å². The number of anilines is 1. The van der Waals surface area contributed by atoms with Crippen molar-refractivity contribution in [3.63, 3.8) is 0 Å². The molecule has 0 bridgehead atoms. The van der Waals surface area contributed by atoms with E-state index in [1.807, 2.05) is 0 Å². The lowest BCUT2D eigenvalue weighted by atomic mass is 10.2. The van der Waals surface area contributed by atoms with E-state index in [1.54, 1.807) is 24.0 Å². The van der Waals surface area contributed by atoms with Crippen LogP contribution in [0.4, 0.5) is 10.2 Å². The van der Waals surface area contributed by atoms with Crippen LogP contribution in [0.5, 0.6) is 5.75 Å². The number of ether oxygens (including phenoxy) is 1. The Labute approximate surface area is 136 Å². The van der Waals surface area contributed by atoms with Crippen molar-refractivity contribution in [1.82, 2.24) is 15.0 Å². The predicted octanol–water partition coefficient (Wildman–Crippen LogP) is 3.27. The minimum absolute atomic E-state index is 0.236. The van der Waals surface area contributed by atoms with Crippen molar-refractivity contribution in [3.8, 4) is 5.75 Å². The van der Waals surface area contributed by atoms with Crippen molar-refractivity contribution in [1.29, 1.82) is 0 Å². The van der Waals surface area contributed by atoms with Crippen LogP contribution in [0.1, 0.15) is 12.8 Å². The molecule has 0 unspecified atom stereocenters. The first kappa shape index (κ1) is 14.3. The third kappa shape index (κ3) is 2.84. The fourth-order valence-electron chi connectivity index (χ4n) is 2.90. The number of hydrogen-bond donors (Lipinski definition) is 0. The van der Waals surface area contributed by atoms with Gasteiger partial charge in [-0.3, -0.25) is 0 Å². The summed E-state index contributed by atoms with van der Waals surface area (Å²) in [5.41, 5.74) is 2.65. The molecule has 4 rings (SSSR count). The standard InChI is InChI=1S/C16H15FN4OS/c17-11-3-5-13(6-4-11)22-8-12-2-1-7-21(12)15-14-16(19-9-18-15)23-10-20-14/h3-6,9-10,12H,1-2,7-8H2/t12-/m0/s1. The van der Waals surface area contributed by atoms with Gasteiger partial charge in [-0.15, -0.1) is 11.3 Å².